The molecular weight excluding hydrogens is 287 g/mol. The van der Waals surface area contributed by atoms with Crippen LogP contribution in [-0.4, -0.2) is 24.9 Å². The fourth-order valence-corrected chi connectivity index (χ4v) is 1.78. The van der Waals surface area contributed by atoms with Gasteiger partial charge in [0, 0.05) is 25.2 Å². The fourth-order valence-electron chi connectivity index (χ4n) is 1.78. The molecule has 5 nitrogen and oxygen atoms in total. The van der Waals surface area contributed by atoms with Gasteiger partial charge >= 0.3 is 6.18 Å². The Kier molecular flexibility index (Phi) is 5.17. The van der Waals surface area contributed by atoms with Crippen LogP contribution in [0.2, 0.25) is 0 Å². The summed E-state index contributed by atoms with van der Waals surface area (Å²) in [5.74, 6) is -1.32. The molecule has 0 bridgehead atoms. The van der Waals surface area contributed by atoms with Crippen LogP contribution in [0, 0.1) is 0 Å². The SMILES string of the molecule is CNc1ccc(C(F)(F)F)cc1C(=O)NC(C)CC(N)=O. The number of carbonyl (C=O) groups is 2. The number of nitrogens with one attached hydrogen (secondary N) is 2. The van der Waals surface area contributed by atoms with E-state index in [0.717, 1.165) is 12.1 Å². The van der Waals surface area contributed by atoms with Gasteiger partial charge in [0.1, 0.15) is 0 Å². The van der Waals surface area contributed by atoms with Crippen molar-refractivity contribution in [2.45, 2.75) is 25.6 Å². The second-order valence-electron chi connectivity index (χ2n) is 4.55. The standard InChI is InChI=1S/C13H16F3N3O2/c1-7(5-11(17)20)19-12(21)9-6-8(13(14,15)16)3-4-10(9)18-2/h3-4,6-7,18H,5H2,1-2H3,(H2,17,20)(H,19,21). The Bertz CT molecular complexity index is 544. The molecule has 2 amide bonds. The first kappa shape index (κ1) is 16.8. The average Bonchev–Trinajstić information content (AvgIpc) is 2.35. The highest BCUT2D eigenvalue weighted by molar-refractivity contribution is 6.00. The molecule has 1 unspecified atom stereocenters. The Morgan fingerprint density at radius 3 is 2.43 bits per heavy atom. The normalized spacial score (nSPS) is 12.6. The Morgan fingerprint density at radius 1 is 1.33 bits per heavy atom. The highest BCUT2D eigenvalue weighted by Crippen LogP contribution is 2.31. The third kappa shape index (κ3) is 4.66. The minimum Gasteiger partial charge on any atom is -0.387 e. The number of alkyl halides is 3. The second-order valence-corrected chi connectivity index (χ2v) is 4.55. The van der Waals surface area contributed by atoms with Gasteiger partial charge < -0.3 is 16.4 Å². The van der Waals surface area contributed by atoms with E-state index in [1.807, 2.05) is 0 Å². The van der Waals surface area contributed by atoms with Crippen LogP contribution < -0.4 is 16.4 Å². The molecule has 4 N–H and O–H groups in total. The van der Waals surface area contributed by atoms with Crippen molar-refractivity contribution >= 4 is 17.5 Å². The van der Waals surface area contributed by atoms with Gasteiger partial charge in [0.2, 0.25) is 5.91 Å². The summed E-state index contributed by atoms with van der Waals surface area (Å²) in [4.78, 5) is 22.8. The van der Waals surface area contributed by atoms with Gasteiger partial charge in [-0.1, -0.05) is 0 Å². The van der Waals surface area contributed by atoms with Crippen molar-refractivity contribution in [3.05, 3.63) is 29.3 Å². The molecule has 0 aliphatic heterocycles. The first-order chi connectivity index (χ1) is 9.65. The molecule has 8 heteroatoms. The molecule has 1 aromatic carbocycles. The molecule has 0 saturated heterocycles. The molecule has 0 aliphatic carbocycles. The maximum atomic E-state index is 12.7. The minimum absolute atomic E-state index is 0.0976. The largest absolute Gasteiger partial charge is 0.416 e. The summed E-state index contributed by atoms with van der Waals surface area (Å²) in [5, 5.41) is 5.08. The first-order valence-corrected chi connectivity index (χ1v) is 6.13. The zero-order valence-corrected chi connectivity index (χ0v) is 11.5. The van der Waals surface area contributed by atoms with Crippen molar-refractivity contribution in [2.75, 3.05) is 12.4 Å². The van der Waals surface area contributed by atoms with E-state index < -0.39 is 29.6 Å². The summed E-state index contributed by atoms with van der Waals surface area (Å²) in [7, 11) is 1.49. The average molecular weight is 303 g/mol. The van der Waals surface area contributed by atoms with Gasteiger partial charge in [0.15, 0.2) is 0 Å². The molecule has 1 aromatic rings. The number of anilines is 1. The zero-order chi connectivity index (χ0) is 16.2. The number of hydrogen-bond donors (Lipinski definition) is 3. The number of carbonyl (C=O) groups excluding carboxylic acids is 2. The van der Waals surface area contributed by atoms with Crippen LogP contribution in [0.4, 0.5) is 18.9 Å². The van der Waals surface area contributed by atoms with Crippen LogP contribution in [-0.2, 0) is 11.0 Å². The summed E-state index contributed by atoms with van der Waals surface area (Å²) in [6.45, 7) is 1.54. The molecule has 1 atom stereocenters. The number of nitrogens with two attached hydrogens (primary N) is 1. The predicted octanol–water partition coefficient (Wildman–Crippen LogP) is 1.74. The Labute approximate surface area is 119 Å². The highest BCUT2D eigenvalue weighted by Gasteiger charge is 2.31. The number of primary amides is 1. The van der Waals surface area contributed by atoms with Gasteiger partial charge in [0.25, 0.3) is 5.91 Å². The predicted molar refractivity (Wildman–Crippen MR) is 71.7 cm³/mol. The lowest BCUT2D eigenvalue weighted by Gasteiger charge is -2.16. The maximum Gasteiger partial charge on any atom is 0.416 e. The van der Waals surface area contributed by atoms with Gasteiger partial charge in [-0.2, -0.15) is 13.2 Å². The number of benzene rings is 1. The van der Waals surface area contributed by atoms with Crippen molar-refractivity contribution in [3.63, 3.8) is 0 Å². The second kappa shape index (κ2) is 6.47. The van der Waals surface area contributed by atoms with Crippen LogP contribution >= 0.6 is 0 Å². The molecular formula is C13H16F3N3O2. The van der Waals surface area contributed by atoms with E-state index in [2.05, 4.69) is 10.6 Å². The van der Waals surface area contributed by atoms with Crippen LogP contribution in [0.1, 0.15) is 29.3 Å². The lowest BCUT2D eigenvalue weighted by Crippen LogP contribution is -2.36. The van der Waals surface area contributed by atoms with Gasteiger partial charge in [0.05, 0.1) is 11.1 Å². The van der Waals surface area contributed by atoms with Crippen molar-refractivity contribution in [1.29, 1.82) is 0 Å². The third-order valence-electron chi connectivity index (χ3n) is 2.75. The van der Waals surface area contributed by atoms with Gasteiger partial charge in [-0.25, -0.2) is 0 Å². The van der Waals surface area contributed by atoms with E-state index in [1.54, 1.807) is 0 Å². The number of halogens is 3. The maximum absolute atomic E-state index is 12.7. The van der Waals surface area contributed by atoms with Crippen molar-refractivity contribution in [2.24, 2.45) is 5.73 Å². The van der Waals surface area contributed by atoms with E-state index in [9.17, 15) is 22.8 Å². The third-order valence-corrected chi connectivity index (χ3v) is 2.75. The Morgan fingerprint density at radius 2 is 1.95 bits per heavy atom. The van der Waals surface area contributed by atoms with Crippen molar-refractivity contribution in [3.8, 4) is 0 Å². The Balaban J connectivity index is 3.04. The number of hydrogen-bond acceptors (Lipinski definition) is 3. The van der Waals surface area contributed by atoms with E-state index in [4.69, 9.17) is 5.73 Å². The molecule has 21 heavy (non-hydrogen) atoms. The van der Waals surface area contributed by atoms with Crippen molar-refractivity contribution < 1.29 is 22.8 Å². The lowest BCUT2D eigenvalue weighted by atomic mass is 10.1. The van der Waals surface area contributed by atoms with Crippen LogP contribution in [0.5, 0.6) is 0 Å². The molecule has 0 heterocycles. The molecule has 0 spiro atoms. The van der Waals surface area contributed by atoms with Crippen LogP contribution in [0.25, 0.3) is 0 Å². The highest BCUT2D eigenvalue weighted by atomic mass is 19.4. The monoisotopic (exact) mass is 303 g/mol. The topological polar surface area (TPSA) is 84.2 Å². The van der Waals surface area contributed by atoms with Crippen LogP contribution in [0.15, 0.2) is 18.2 Å². The lowest BCUT2D eigenvalue weighted by molar-refractivity contribution is -0.137. The summed E-state index contributed by atoms with van der Waals surface area (Å²) in [6, 6.07) is 2.25. The van der Waals surface area contributed by atoms with Crippen LogP contribution in [0.3, 0.4) is 0 Å². The minimum atomic E-state index is -4.54. The van der Waals surface area contributed by atoms with Gasteiger partial charge in [-0.05, 0) is 25.1 Å². The molecule has 116 valence electrons. The quantitative estimate of drug-likeness (QED) is 0.774. The fraction of sp³-hybridized carbons (Fsp3) is 0.385. The molecule has 1 rings (SSSR count). The Hall–Kier alpha value is -2.25. The zero-order valence-electron chi connectivity index (χ0n) is 11.5. The van der Waals surface area contributed by atoms with Gasteiger partial charge in [-0.3, -0.25) is 9.59 Å². The van der Waals surface area contributed by atoms with E-state index in [1.165, 1.54) is 20.0 Å². The smallest absolute Gasteiger partial charge is 0.387 e. The molecule has 0 fully saturated rings. The number of rotatable bonds is 5. The molecule has 0 aromatic heterocycles. The molecule has 0 radical (unpaired) electrons. The first-order valence-electron chi connectivity index (χ1n) is 6.13. The summed E-state index contributed by atoms with van der Waals surface area (Å²) in [5.41, 5.74) is 4.18. The number of amides is 2. The summed E-state index contributed by atoms with van der Waals surface area (Å²) in [6.07, 6.45) is -4.64. The molecule has 0 aliphatic rings. The molecule has 0 saturated carbocycles. The van der Waals surface area contributed by atoms with E-state index in [0.29, 0.717) is 0 Å². The summed E-state index contributed by atoms with van der Waals surface area (Å²) < 4.78 is 38.1. The van der Waals surface area contributed by atoms with E-state index in [-0.39, 0.29) is 17.7 Å². The van der Waals surface area contributed by atoms with Gasteiger partial charge in [-0.15, -0.1) is 0 Å². The summed E-state index contributed by atoms with van der Waals surface area (Å²) >= 11 is 0. The van der Waals surface area contributed by atoms with E-state index >= 15 is 0 Å². The van der Waals surface area contributed by atoms with Crippen molar-refractivity contribution in [1.82, 2.24) is 5.32 Å².